The van der Waals surface area contributed by atoms with E-state index in [1.807, 2.05) is 20.8 Å². The van der Waals surface area contributed by atoms with Gasteiger partial charge in [0.15, 0.2) is 0 Å². The second-order valence-corrected chi connectivity index (χ2v) is 5.24. The van der Waals surface area contributed by atoms with Crippen LogP contribution < -0.4 is 5.32 Å². The number of nitrogens with zero attached hydrogens (tertiary/aromatic N) is 1. The van der Waals surface area contributed by atoms with E-state index in [-0.39, 0.29) is 18.0 Å². The lowest BCUT2D eigenvalue weighted by Crippen LogP contribution is -2.32. The lowest BCUT2D eigenvalue weighted by Gasteiger charge is -2.20. The number of nitro benzene ring substituents is 1. The quantitative estimate of drug-likeness (QED) is 0.617. The number of likely N-dealkylation sites (N-methyl/N-ethyl adjacent to an activating group) is 1. The zero-order chi connectivity index (χ0) is 15.3. The first-order chi connectivity index (χ1) is 9.35. The van der Waals surface area contributed by atoms with Crippen LogP contribution in [-0.2, 0) is 6.42 Å². The summed E-state index contributed by atoms with van der Waals surface area (Å²) in [5, 5.41) is 14.1. The largest absolute Gasteiger partial charge is 0.314 e. The molecule has 1 aromatic carbocycles. The van der Waals surface area contributed by atoms with Crippen molar-refractivity contribution in [2.75, 3.05) is 6.54 Å². The molecule has 0 aromatic heterocycles. The van der Waals surface area contributed by atoms with Gasteiger partial charge in [-0.25, -0.2) is 4.39 Å². The van der Waals surface area contributed by atoms with Crippen molar-refractivity contribution < 1.29 is 13.7 Å². The van der Waals surface area contributed by atoms with Crippen LogP contribution >= 0.6 is 0 Å². The van der Waals surface area contributed by atoms with Crippen LogP contribution in [-0.4, -0.2) is 17.5 Å². The minimum Gasteiger partial charge on any atom is -0.314 e. The van der Waals surface area contributed by atoms with Gasteiger partial charge in [0.25, 0.3) is 0 Å². The van der Waals surface area contributed by atoms with Crippen LogP contribution in [0.15, 0.2) is 12.1 Å². The molecule has 0 heterocycles. The van der Waals surface area contributed by atoms with Crippen molar-refractivity contribution in [1.82, 2.24) is 5.32 Å². The standard InChI is InChI=1S/C14H20F2N2O2/c1-4-17-12(5-9(2)3)7-10-6-11(15)8-13(16)14(10)18(19)20/h6,8-9,12,17H,4-5,7H2,1-3H3. The molecule has 0 spiro atoms. The predicted octanol–water partition coefficient (Wildman–Crippen LogP) is 3.44. The summed E-state index contributed by atoms with van der Waals surface area (Å²) in [7, 11) is 0. The summed E-state index contributed by atoms with van der Waals surface area (Å²) in [6.45, 7) is 6.69. The molecule has 1 unspecified atom stereocenters. The Balaban J connectivity index is 3.07. The summed E-state index contributed by atoms with van der Waals surface area (Å²) >= 11 is 0. The molecule has 0 saturated carbocycles. The first-order valence-electron chi connectivity index (χ1n) is 6.70. The zero-order valence-electron chi connectivity index (χ0n) is 12.0. The number of hydrogen-bond donors (Lipinski definition) is 1. The number of nitrogens with one attached hydrogen (secondary N) is 1. The van der Waals surface area contributed by atoms with Gasteiger partial charge in [-0.15, -0.1) is 0 Å². The predicted molar refractivity (Wildman–Crippen MR) is 73.6 cm³/mol. The second-order valence-electron chi connectivity index (χ2n) is 5.24. The summed E-state index contributed by atoms with van der Waals surface area (Å²) in [5.41, 5.74) is -0.530. The second kappa shape index (κ2) is 7.28. The highest BCUT2D eigenvalue weighted by Gasteiger charge is 2.24. The Kier molecular flexibility index (Phi) is 6.01. The summed E-state index contributed by atoms with van der Waals surface area (Å²) in [5.74, 6) is -1.52. The Morgan fingerprint density at radius 3 is 2.50 bits per heavy atom. The average Bonchev–Trinajstić information content (AvgIpc) is 2.26. The topological polar surface area (TPSA) is 55.2 Å². The molecule has 20 heavy (non-hydrogen) atoms. The highest BCUT2D eigenvalue weighted by atomic mass is 19.1. The third-order valence-electron chi connectivity index (χ3n) is 3.00. The molecule has 1 rings (SSSR count). The fourth-order valence-electron chi connectivity index (χ4n) is 2.34. The third kappa shape index (κ3) is 4.52. The van der Waals surface area contributed by atoms with Gasteiger partial charge in [0.1, 0.15) is 5.82 Å². The highest BCUT2D eigenvalue weighted by Crippen LogP contribution is 2.26. The van der Waals surface area contributed by atoms with E-state index in [4.69, 9.17) is 0 Å². The van der Waals surface area contributed by atoms with Crippen LogP contribution in [0.2, 0.25) is 0 Å². The van der Waals surface area contributed by atoms with Gasteiger partial charge in [-0.1, -0.05) is 20.8 Å². The minimum absolute atomic E-state index is 0.0418. The molecule has 0 aliphatic rings. The molecule has 4 nitrogen and oxygen atoms in total. The van der Waals surface area contributed by atoms with Crippen molar-refractivity contribution in [2.45, 2.75) is 39.7 Å². The smallest absolute Gasteiger partial charge is 0.308 e. The number of hydrogen-bond acceptors (Lipinski definition) is 3. The molecule has 0 aliphatic carbocycles. The van der Waals surface area contributed by atoms with Crippen LogP contribution in [0, 0.1) is 27.7 Å². The monoisotopic (exact) mass is 286 g/mol. The Hall–Kier alpha value is -1.56. The first-order valence-corrected chi connectivity index (χ1v) is 6.70. The lowest BCUT2D eigenvalue weighted by molar-refractivity contribution is -0.388. The van der Waals surface area contributed by atoms with Gasteiger partial charge in [0.2, 0.25) is 5.82 Å². The minimum atomic E-state index is -1.12. The van der Waals surface area contributed by atoms with Crippen molar-refractivity contribution in [3.63, 3.8) is 0 Å². The molecule has 112 valence electrons. The normalized spacial score (nSPS) is 12.7. The Morgan fingerprint density at radius 1 is 1.35 bits per heavy atom. The molecule has 1 atom stereocenters. The Morgan fingerprint density at radius 2 is 2.00 bits per heavy atom. The van der Waals surface area contributed by atoms with Crippen molar-refractivity contribution in [3.8, 4) is 0 Å². The van der Waals surface area contributed by atoms with Gasteiger partial charge >= 0.3 is 5.69 Å². The molecular weight excluding hydrogens is 266 g/mol. The van der Waals surface area contributed by atoms with E-state index in [1.165, 1.54) is 0 Å². The molecule has 0 saturated heterocycles. The highest BCUT2D eigenvalue weighted by molar-refractivity contribution is 5.42. The van der Waals surface area contributed by atoms with Crippen LogP contribution in [0.25, 0.3) is 0 Å². The van der Waals surface area contributed by atoms with Gasteiger partial charge in [0.05, 0.1) is 4.92 Å². The van der Waals surface area contributed by atoms with E-state index >= 15 is 0 Å². The van der Waals surface area contributed by atoms with Crippen LogP contribution in [0.4, 0.5) is 14.5 Å². The Bertz CT molecular complexity index is 478. The van der Waals surface area contributed by atoms with Gasteiger partial charge < -0.3 is 5.32 Å². The number of nitro groups is 1. The fourth-order valence-corrected chi connectivity index (χ4v) is 2.34. The van der Waals surface area contributed by atoms with Crippen molar-refractivity contribution >= 4 is 5.69 Å². The SMILES string of the molecule is CCNC(Cc1cc(F)cc(F)c1[N+](=O)[O-])CC(C)C. The molecule has 6 heteroatoms. The van der Waals surface area contributed by atoms with Gasteiger partial charge in [0, 0.05) is 17.7 Å². The van der Waals surface area contributed by atoms with Crippen molar-refractivity contribution in [1.29, 1.82) is 0 Å². The fraction of sp³-hybridized carbons (Fsp3) is 0.571. The van der Waals surface area contributed by atoms with E-state index in [2.05, 4.69) is 5.32 Å². The maximum Gasteiger partial charge on any atom is 0.308 e. The molecule has 1 N–H and O–H groups in total. The van der Waals surface area contributed by atoms with Gasteiger partial charge in [-0.2, -0.15) is 4.39 Å². The van der Waals surface area contributed by atoms with Crippen molar-refractivity contribution in [3.05, 3.63) is 39.4 Å². The van der Waals surface area contributed by atoms with Crippen LogP contribution in [0.3, 0.4) is 0 Å². The zero-order valence-corrected chi connectivity index (χ0v) is 12.0. The van der Waals surface area contributed by atoms with E-state index in [9.17, 15) is 18.9 Å². The summed E-state index contributed by atoms with van der Waals surface area (Å²) in [4.78, 5) is 10.1. The molecule has 1 aromatic rings. The molecule has 0 aliphatic heterocycles. The number of benzene rings is 1. The third-order valence-corrected chi connectivity index (χ3v) is 3.00. The average molecular weight is 286 g/mol. The van der Waals surface area contributed by atoms with E-state index in [0.29, 0.717) is 18.5 Å². The Labute approximate surface area is 117 Å². The summed E-state index contributed by atoms with van der Waals surface area (Å²) in [6.07, 6.45) is 1.01. The maximum atomic E-state index is 13.6. The number of rotatable bonds is 7. The molecule has 0 amide bonds. The summed E-state index contributed by atoms with van der Waals surface area (Å²) < 4.78 is 26.8. The first kappa shape index (κ1) is 16.5. The molecule has 0 fully saturated rings. The molecule has 0 bridgehead atoms. The maximum absolute atomic E-state index is 13.6. The van der Waals surface area contributed by atoms with Crippen LogP contribution in [0.5, 0.6) is 0 Å². The van der Waals surface area contributed by atoms with Gasteiger partial charge in [-0.3, -0.25) is 10.1 Å². The number of halogens is 2. The van der Waals surface area contributed by atoms with Gasteiger partial charge in [-0.05, 0) is 31.4 Å². The lowest BCUT2D eigenvalue weighted by atomic mass is 9.96. The van der Waals surface area contributed by atoms with E-state index in [0.717, 1.165) is 12.5 Å². The molecule has 0 radical (unpaired) electrons. The van der Waals surface area contributed by atoms with E-state index < -0.39 is 22.2 Å². The van der Waals surface area contributed by atoms with Crippen LogP contribution in [0.1, 0.15) is 32.8 Å². The van der Waals surface area contributed by atoms with E-state index in [1.54, 1.807) is 0 Å². The summed E-state index contributed by atoms with van der Waals surface area (Å²) in [6, 6.07) is 1.55. The van der Waals surface area contributed by atoms with Crippen molar-refractivity contribution in [2.24, 2.45) is 5.92 Å². The molecular formula is C14H20F2N2O2.